The molecule has 4 heteroatoms. The van der Waals surface area contributed by atoms with Crippen LogP contribution < -0.4 is 31.6 Å². The van der Waals surface area contributed by atoms with Crippen molar-refractivity contribution >= 4 is 38.4 Å². The standard InChI is InChI=1S/C61H52N4/c1-40(52-20-12-14-24-57(52)63-60(62-2)47-32-28-43-26-30-45(36-49(43)38-47)41-16-6-4-7-17-41)51-34-35-55(54-22-11-10-21-53(51)54)59-56-23-13-15-25-58(56)64-61(65(59)3)48-33-29-44-27-31-46(37-50(44)39-48)42-18-8-5-9-19-42/h4-33,36-39,57,60-63H,34-35H2,1-3H3/b52-40+. The first kappa shape index (κ1) is 40.4. The molecule has 8 aromatic carbocycles. The van der Waals surface area contributed by atoms with Crippen LogP contribution in [0.3, 0.4) is 0 Å². The second-order valence-corrected chi connectivity index (χ2v) is 17.5. The summed E-state index contributed by atoms with van der Waals surface area (Å²) in [6.45, 7) is 2.33. The van der Waals surface area contributed by atoms with E-state index in [1.165, 1.54) is 98.6 Å². The predicted molar refractivity (Wildman–Crippen MR) is 271 cm³/mol. The summed E-state index contributed by atoms with van der Waals surface area (Å²) in [4.78, 5) is 7.86. The van der Waals surface area contributed by atoms with Crippen molar-refractivity contribution in [2.45, 2.75) is 38.1 Å². The quantitative estimate of drug-likeness (QED) is 0.142. The van der Waals surface area contributed by atoms with Crippen LogP contribution in [-0.4, -0.2) is 25.0 Å². The maximum atomic E-state index is 5.43. The monoisotopic (exact) mass is 840 g/mol. The van der Waals surface area contributed by atoms with Crippen molar-refractivity contribution in [1.29, 1.82) is 0 Å². The van der Waals surface area contributed by atoms with E-state index in [0.717, 1.165) is 18.2 Å². The van der Waals surface area contributed by atoms with Crippen LogP contribution in [-0.2, 0) is 0 Å². The molecule has 316 valence electrons. The molecule has 3 atom stereocenters. The molecule has 0 amide bonds. The van der Waals surface area contributed by atoms with Gasteiger partial charge in [-0.05, 0) is 145 Å². The fraction of sp³-hybridized carbons (Fsp3) is 0.131. The van der Waals surface area contributed by atoms with E-state index in [4.69, 9.17) is 4.99 Å². The van der Waals surface area contributed by atoms with Gasteiger partial charge in [-0.1, -0.05) is 176 Å². The Balaban J connectivity index is 0.963. The van der Waals surface area contributed by atoms with Crippen molar-refractivity contribution in [3.8, 4) is 22.3 Å². The zero-order valence-electron chi connectivity index (χ0n) is 37.2. The van der Waals surface area contributed by atoms with Crippen molar-refractivity contribution in [3.05, 3.63) is 250 Å². The predicted octanol–water partition coefficient (Wildman–Crippen LogP) is 10.8. The average molecular weight is 841 g/mol. The minimum absolute atomic E-state index is 0.0210. The maximum Gasteiger partial charge on any atom is 0.147 e. The van der Waals surface area contributed by atoms with Gasteiger partial charge in [0.25, 0.3) is 0 Å². The lowest BCUT2D eigenvalue weighted by Crippen LogP contribution is -2.44. The first-order valence-electron chi connectivity index (χ1n) is 22.9. The van der Waals surface area contributed by atoms with E-state index in [0.29, 0.717) is 0 Å². The lowest BCUT2D eigenvalue weighted by Gasteiger charge is -2.35. The Morgan fingerprint density at radius 2 is 1.20 bits per heavy atom. The summed E-state index contributed by atoms with van der Waals surface area (Å²) in [6.07, 6.45) is 10.6. The molecule has 2 N–H and O–H groups in total. The highest BCUT2D eigenvalue weighted by atomic mass is 15.2. The van der Waals surface area contributed by atoms with E-state index < -0.39 is 0 Å². The summed E-state index contributed by atoms with van der Waals surface area (Å²) in [5.74, 6) is 0. The highest BCUT2D eigenvalue weighted by Gasteiger charge is 2.28. The SMILES string of the molecule is CNC(NC1C=CC=C/C1=C(/C)C1=c2ccccc2=C(C2=c3ccccc3=NC(c3ccc4ccc(-c5ccccc5)cc4c3)N2C)CC1)c1ccc2ccc(-c3ccccc3)cc2c1. The molecule has 8 aromatic rings. The normalized spacial score (nSPS) is 18.1. The minimum Gasteiger partial charge on any atom is -0.348 e. The van der Waals surface area contributed by atoms with Crippen molar-refractivity contribution in [2.75, 3.05) is 14.1 Å². The molecule has 0 fully saturated rings. The van der Waals surface area contributed by atoms with Crippen molar-refractivity contribution < 1.29 is 0 Å². The van der Waals surface area contributed by atoms with Gasteiger partial charge in [0.15, 0.2) is 0 Å². The third-order valence-electron chi connectivity index (χ3n) is 13.7. The smallest absolute Gasteiger partial charge is 0.147 e. The number of nitrogens with zero attached hydrogens (tertiary/aromatic N) is 2. The van der Waals surface area contributed by atoms with Gasteiger partial charge in [0.05, 0.1) is 23.3 Å². The van der Waals surface area contributed by atoms with Crippen LogP contribution in [0.25, 0.3) is 60.6 Å². The molecule has 3 unspecified atom stereocenters. The molecule has 2 aliphatic carbocycles. The molecular weight excluding hydrogens is 789 g/mol. The molecule has 3 aliphatic rings. The number of rotatable bonds is 9. The summed E-state index contributed by atoms with van der Waals surface area (Å²) >= 11 is 0. The van der Waals surface area contributed by atoms with Crippen LogP contribution in [0, 0.1) is 0 Å². The Labute approximate surface area is 381 Å². The fourth-order valence-corrected chi connectivity index (χ4v) is 10.4. The summed E-state index contributed by atoms with van der Waals surface area (Å²) in [5.41, 5.74) is 14.0. The molecule has 1 aliphatic heterocycles. The van der Waals surface area contributed by atoms with Crippen LogP contribution in [0.2, 0.25) is 0 Å². The largest absolute Gasteiger partial charge is 0.348 e. The van der Waals surface area contributed by atoms with Crippen LogP contribution >= 0.6 is 0 Å². The Kier molecular flexibility index (Phi) is 10.8. The third-order valence-corrected chi connectivity index (χ3v) is 13.7. The summed E-state index contributed by atoms with van der Waals surface area (Å²) in [7, 11) is 4.28. The first-order chi connectivity index (χ1) is 32.0. The second-order valence-electron chi connectivity index (χ2n) is 17.5. The zero-order chi connectivity index (χ0) is 43.9. The van der Waals surface area contributed by atoms with Gasteiger partial charge in [-0.3, -0.25) is 10.3 Å². The summed E-state index contributed by atoms with van der Waals surface area (Å²) in [5, 5.41) is 17.4. The number of hydrogen-bond acceptors (Lipinski definition) is 4. The number of nitrogens with one attached hydrogen (secondary N) is 2. The molecule has 0 radical (unpaired) electrons. The van der Waals surface area contributed by atoms with Crippen LogP contribution in [0.1, 0.15) is 43.2 Å². The Bertz CT molecular complexity index is 3490. The third kappa shape index (κ3) is 7.65. The molecule has 65 heavy (non-hydrogen) atoms. The van der Waals surface area contributed by atoms with Gasteiger partial charge in [0.1, 0.15) is 6.17 Å². The topological polar surface area (TPSA) is 39.7 Å². The molecule has 0 saturated heterocycles. The van der Waals surface area contributed by atoms with Gasteiger partial charge in [0, 0.05) is 12.3 Å². The van der Waals surface area contributed by atoms with E-state index in [9.17, 15) is 0 Å². The fourth-order valence-electron chi connectivity index (χ4n) is 10.4. The summed E-state index contributed by atoms with van der Waals surface area (Å²) < 4.78 is 0. The molecule has 1 heterocycles. The van der Waals surface area contributed by atoms with Gasteiger partial charge < -0.3 is 10.2 Å². The minimum atomic E-state index is -0.168. The zero-order valence-corrected chi connectivity index (χ0v) is 37.2. The number of para-hydroxylation sites is 1. The van der Waals surface area contributed by atoms with E-state index in [1.807, 2.05) is 7.05 Å². The van der Waals surface area contributed by atoms with Crippen LogP contribution in [0.15, 0.2) is 222 Å². The van der Waals surface area contributed by atoms with Gasteiger partial charge >= 0.3 is 0 Å². The Morgan fingerprint density at radius 1 is 0.585 bits per heavy atom. The first-order valence-corrected chi connectivity index (χ1v) is 22.9. The lowest BCUT2D eigenvalue weighted by molar-refractivity contribution is 0.353. The molecule has 0 saturated carbocycles. The molecule has 0 spiro atoms. The average Bonchev–Trinajstić information content (AvgIpc) is 3.37. The number of hydrogen-bond donors (Lipinski definition) is 2. The summed E-state index contributed by atoms with van der Waals surface area (Å²) in [6, 6.07) is 66.3. The van der Waals surface area contributed by atoms with E-state index in [2.05, 4.69) is 236 Å². The van der Waals surface area contributed by atoms with Gasteiger partial charge in [-0.15, -0.1) is 0 Å². The number of fused-ring (bicyclic) bond motifs is 4. The lowest BCUT2D eigenvalue weighted by atomic mass is 9.84. The second kappa shape index (κ2) is 17.3. The van der Waals surface area contributed by atoms with E-state index in [1.54, 1.807) is 0 Å². The Morgan fingerprint density at radius 3 is 1.91 bits per heavy atom. The van der Waals surface area contributed by atoms with Gasteiger partial charge in [0.2, 0.25) is 0 Å². The Hall–Kier alpha value is -7.37. The van der Waals surface area contributed by atoms with Crippen LogP contribution in [0.5, 0.6) is 0 Å². The van der Waals surface area contributed by atoms with E-state index >= 15 is 0 Å². The van der Waals surface area contributed by atoms with Crippen molar-refractivity contribution in [3.63, 3.8) is 0 Å². The number of allylic oxidation sites excluding steroid dienone is 3. The molecule has 11 rings (SSSR count). The molecular formula is C61H52N4. The highest BCUT2D eigenvalue weighted by Crippen LogP contribution is 2.37. The maximum absolute atomic E-state index is 5.43. The van der Waals surface area contributed by atoms with Crippen molar-refractivity contribution in [1.82, 2.24) is 15.5 Å². The molecule has 0 bridgehead atoms. The highest BCUT2D eigenvalue weighted by molar-refractivity contribution is 5.91. The van der Waals surface area contributed by atoms with Gasteiger partial charge in [-0.25, -0.2) is 0 Å². The molecule has 0 aromatic heterocycles. The van der Waals surface area contributed by atoms with Crippen LogP contribution in [0.4, 0.5) is 0 Å². The van der Waals surface area contributed by atoms with Gasteiger partial charge in [-0.2, -0.15) is 0 Å². The van der Waals surface area contributed by atoms with E-state index in [-0.39, 0.29) is 18.4 Å². The molecule has 4 nitrogen and oxygen atoms in total. The van der Waals surface area contributed by atoms with Crippen molar-refractivity contribution in [2.24, 2.45) is 4.99 Å². The number of benzene rings is 8.